The summed E-state index contributed by atoms with van der Waals surface area (Å²) in [6.45, 7) is 0. The molecule has 1 heterocycles. The number of nitro groups is 1. The Morgan fingerprint density at radius 1 is 1.24 bits per heavy atom. The van der Waals surface area contributed by atoms with Crippen LogP contribution in [0.4, 0.5) is 17.1 Å². The van der Waals surface area contributed by atoms with Crippen LogP contribution in [0.25, 0.3) is 0 Å². The number of anilines is 2. The zero-order valence-electron chi connectivity index (χ0n) is 11.0. The number of benzene rings is 1. The van der Waals surface area contributed by atoms with Crippen LogP contribution in [0.15, 0.2) is 47.6 Å². The predicted molar refractivity (Wildman–Crippen MR) is 77.3 cm³/mol. The summed E-state index contributed by atoms with van der Waals surface area (Å²) in [6, 6.07) is 6.43. The van der Waals surface area contributed by atoms with E-state index in [1.807, 2.05) is 0 Å². The first-order valence-electron chi connectivity index (χ1n) is 5.77. The van der Waals surface area contributed by atoms with Crippen molar-refractivity contribution in [3.63, 3.8) is 0 Å². The summed E-state index contributed by atoms with van der Waals surface area (Å²) in [5.74, 6) is 0. The second-order valence-corrected chi connectivity index (χ2v) is 6.10. The minimum atomic E-state index is -4.08. The molecule has 110 valence electrons. The Morgan fingerprint density at radius 2 is 1.86 bits per heavy atom. The first-order valence-corrected chi connectivity index (χ1v) is 7.21. The van der Waals surface area contributed by atoms with Crippen LogP contribution in [0.2, 0.25) is 0 Å². The lowest BCUT2D eigenvalue weighted by atomic mass is 10.3. The van der Waals surface area contributed by atoms with Gasteiger partial charge in [-0.15, -0.1) is 0 Å². The number of sulfonamides is 1. The van der Waals surface area contributed by atoms with E-state index in [0.29, 0.717) is 5.69 Å². The van der Waals surface area contributed by atoms with Gasteiger partial charge in [-0.2, -0.15) is 0 Å². The summed E-state index contributed by atoms with van der Waals surface area (Å²) in [5.41, 5.74) is 5.38. The van der Waals surface area contributed by atoms with E-state index in [9.17, 15) is 18.5 Å². The van der Waals surface area contributed by atoms with Crippen LogP contribution in [-0.4, -0.2) is 25.4 Å². The lowest BCUT2D eigenvalue weighted by Gasteiger charge is -2.19. The molecule has 0 saturated carbocycles. The highest BCUT2D eigenvalue weighted by Gasteiger charge is 2.30. The average molecular weight is 308 g/mol. The molecule has 1 aromatic carbocycles. The molecule has 0 aliphatic rings. The van der Waals surface area contributed by atoms with E-state index in [2.05, 4.69) is 4.98 Å². The molecule has 0 aliphatic heterocycles. The molecule has 1 aromatic heterocycles. The summed E-state index contributed by atoms with van der Waals surface area (Å²) in [5, 5.41) is 11.0. The number of nitro benzene ring substituents is 1. The molecule has 0 fully saturated rings. The molecule has 2 rings (SSSR count). The molecule has 0 saturated heterocycles. The lowest BCUT2D eigenvalue weighted by molar-refractivity contribution is -0.387. The summed E-state index contributed by atoms with van der Waals surface area (Å²) < 4.78 is 26.0. The van der Waals surface area contributed by atoms with Crippen LogP contribution in [0.1, 0.15) is 0 Å². The Balaban J connectivity index is 2.57. The summed E-state index contributed by atoms with van der Waals surface area (Å²) in [4.78, 5) is 13.6. The molecular weight excluding hydrogens is 296 g/mol. The van der Waals surface area contributed by atoms with E-state index < -0.39 is 25.5 Å². The Morgan fingerprint density at radius 3 is 2.43 bits per heavy atom. The number of hydrogen-bond acceptors (Lipinski definition) is 6. The van der Waals surface area contributed by atoms with Crippen molar-refractivity contribution in [3.8, 4) is 0 Å². The second-order valence-electron chi connectivity index (χ2n) is 4.16. The maximum absolute atomic E-state index is 12.5. The van der Waals surface area contributed by atoms with E-state index in [0.717, 1.165) is 16.4 Å². The Bertz CT molecular complexity index is 777. The highest BCUT2D eigenvalue weighted by molar-refractivity contribution is 7.93. The molecule has 0 aliphatic carbocycles. The monoisotopic (exact) mass is 308 g/mol. The first-order chi connectivity index (χ1) is 9.84. The van der Waals surface area contributed by atoms with E-state index in [1.54, 1.807) is 0 Å². The zero-order valence-corrected chi connectivity index (χ0v) is 11.8. The van der Waals surface area contributed by atoms with Crippen LogP contribution in [0.3, 0.4) is 0 Å². The standard InChI is InChI=1S/C12H12N4O4S/c1-15(10-4-6-14-7-5-10)21(19,20)12-3-2-9(13)8-11(12)16(17)18/h2-8H,13H2,1H3. The van der Waals surface area contributed by atoms with Crippen molar-refractivity contribution in [1.29, 1.82) is 0 Å². The van der Waals surface area contributed by atoms with Gasteiger partial charge in [-0.1, -0.05) is 0 Å². The molecule has 9 heteroatoms. The highest BCUT2D eigenvalue weighted by Crippen LogP contribution is 2.30. The normalized spacial score (nSPS) is 11.1. The third kappa shape index (κ3) is 2.77. The molecule has 0 atom stereocenters. The van der Waals surface area contributed by atoms with Crippen molar-refractivity contribution in [2.75, 3.05) is 17.1 Å². The van der Waals surface area contributed by atoms with Crippen molar-refractivity contribution in [2.45, 2.75) is 4.90 Å². The van der Waals surface area contributed by atoms with Gasteiger partial charge in [0.2, 0.25) is 0 Å². The van der Waals surface area contributed by atoms with Gasteiger partial charge >= 0.3 is 0 Å². The molecule has 0 amide bonds. The second kappa shape index (κ2) is 5.37. The molecular formula is C12H12N4O4S. The lowest BCUT2D eigenvalue weighted by Crippen LogP contribution is -2.27. The minimum Gasteiger partial charge on any atom is -0.399 e. The number of nitrogen functional groups attached to an aromatic ring is 1. The molecule has 0 unspecified atom stereocenters. The van der Waals surface area contributed by atoms with Crippen LogP contribution >= 0.6 is 0 Å². The van der Waals surface area contributed by atoms with Gasteiger partial charge < -0.3 is 5.73 Å². The molecule has 21 heavy (non-hydrogen) atoms. The van der Waals surface area contributed by atoms with Crippen LogP contribution in [-0.2, 0) is 10.0 Å². The molecule has 2 aromatic rings. The molecule has 0 radical (unpaired) electrons. The van der Waals surface area contributed by atoms with Gasteiger partial charge in [0.1, 0.15) is 0 Å². The van der Waals surface area contributed by atoms with Crippen molar-refractivity contribution in [3.05, 3.63) is 52.8 Å². The first kappa shape index (κ1) is 14.7. The largest absolute Gasteiger partial charge is 0.399 e. The van der Waals surface area contributed by atoms with E-state index in [-0.39, 0.29) is 5.69 Å². The number of hydrogen-bond donors (Lipinski definition) is 1. The minimum absolute atomic E-state index is 0.118. The van der Waals surface area contributed by atoms with Gasteiger partial charge in [0, 0.05) is 31.2 Å². The topological polar surface area (TPSA) is 119 Å². The van der Waals surface area contributed by atoms with Crippen LogP contribution in [0.5, 0.6) is 0 Å². The molecule has 0 spiro atoms. The van der Waals surface area contributed by atoms with Crippen molar-refractivity contribution in [1.82, 2.24) is 4.98 Å². The number of nitrogens with zero attached hydrogens (tertiary/aromatic N) is 3. The molecule has 0 bridgehead atoms. The van der Waals surface area contributed by atoms with Gasteiger partial charge in [-0.3, -0.25) is 19.4 Å². The van der Waals surface area contributed by atoms with Gasteiger partial charge in [0.15, 0.2) is 4.90 Å². The Labute approximate surface area is 121 Å². The highest BCUT2D eigenvalue weighted by atomic mass is 32.2. The van der Waals surface area contributed by atoms with E-state index in [1.165, 1.54) is 37.6 Å². The maximum Gasteiger partial charge on any atom is 0.291 e. The maximum atomic E-state index is 12.5. The quantitative estimate of drug-likeness (QED) is 0.518. The van der Waals surface area contributed by atoms with E-state index in [4.69, 9.17) is 5.73 Å². The van der Waals surface area contributed by atoms with Gasteiger partial charge in [0.05, 0.1) is 10.6 Å². The third-order valence-corrected chi connectivity index (χ3v) is 4.68. The van der Waals surface area contributed by atoms with Crippen molar-refractivity contribution < 1.29 is 13.3 Å². The smallest absolute Gasteiger partial charge is 0.291 e. The predicted octanol–water partition coefficient (Wildman–Crippen LogP) is 1.40. The van der Waals surface area contributed by atoms with Crippen LogP contribution in [0, 0.1) is 10.1 Å². The Hall–Kier alpha value is -2.68. The van der Waals surface area contributed by atoms with Crippen molar-refractivity contribution in [2.24, 2.45) is 0 Å². The summed E-state index contributed by atoms with van der Waals surface area (Å²) in [7, 11) is -2.77. The number of pyridine rings is 1. The Kier molecular flexibility index (Phi) is 3.76. The molecule has 8 nitrogen and oxygen atoms in total. The summed E-state index contributed by atoms with van der Waals surface area (Å²) in [6.07, 6.45) is 2.86. The SMILES string of the molecule is CN(c1ccncc1)S(=O)(=O)c1ccc(N)cc1[N+](=O)[O-]. The van der Waals surface area contributed by atoms with Gasteiger partial charge in [0.25, 0.3) is 15.7 Å². The van der Waals surface area contributed by atoms with Crippen LogP contribution < -0.4 is 10.0 Å². The fourth-order valence-electron chi connectivity index (χ4n) is 1.74. The number of aromatic nitrogens is 1. The number of rotatable bonds is 4. The summed E-state index contributed by atoms with van der Waals surface area (Å²) >= 11 is 0. The van der Waals surface area contributed by atoms with Gasteiger partial charge in [-0.25, -0.2) is 8.42 Å². The van der Waals surface area contributed by atoms with Gasteiger partial charge in [-0.05, 0) is 24.3 Å². The fraction of sp³-hybridized carbons (Fsp3) is 0.0833. The zero-order chi connectivity index (χ0) is 15.6. The number of nitrogens with two attached hydrogens (primary N) is 1. The van der Waals surface area contributed by atoms with Crippen molar-refractivity contribution >= 4 is 27.1 Å². The average Bonchev–Trinajstić information content (AvgIpc) is 2.47. The fourth-order valence-corrected chi connectivity index (χ4v) is 3.07. The van der Waals surface area contributed by atoms with E-state index >= 15 is 0 Å². The third-order valence-electron chi connectivity index (χ3n) is 2.84. The molecule has 2 N–H and O–H groups in total.